The fourth-order valence-electron chi connectivity index (χ4n) is 4.28. The molecule has 3 aromatic rings. The first kappa shape index (κ1) is 21.5. The van der Waals surface area contributed by atoms with Gasteiger partial charge in [-0.3, -0.25) is 4.79 Å². The Kier molecular flexibility index (Phi) is 5.57. The predicted octanol–water partition coefficient (Wildman–Crippen LogP) is 6.81. The third-order valence-electron chi connectivity index (χ3n) is 5.56. The summed E-state index contributed by atoms with van der Waals surface area (Å²) in [5.74, 6) is 0.632. The lowest BCUT2D eigenvalue weighted by Gasteiger charge is -2.25. The van der Waals surface area contributed by atoms with Crippen molar-refractivity contribution in [2.24, 2.45) is 0 Å². The van der Waals surface area contributed by atoms with E-state index in [0.29, 0.717) is 11.6 Å². The smallest absolute Gasteiger partial charge is 0.239 e. The van der Waals surface area contributed by atoms with Crippen LogP contribution in [0.2, 0.25) is 5.02 Å². The minimum absolute atomic E-state index is 0.0735. The number of para-hydroxylation sites is 1. The van der Waals surface area contributed by atoms with Crippen molar-refractivity contribution in [2.45, 2.75) is 52.7 Å². The number of rotatable bonds is 4. The SMILES string of the molecule is Cc1cc(C2C(=O)N(Cc3ccccc3Cl)c3ccccc32)cc(C)c1OC(C)(C)C. The second-order valence-electron chi connectivity index (χ2n) is 9.21. The molecule has 160 valence electrons. The van der Waals surface area contributed by atoms with E-state index < -0.39 is 0 Å². The lowest BCUT2D eigenvalue weighted by atomic mass is 9.90. The van der Waals surface area contributed by atoms with Gasteiger partial charge in [-0.05, 0) is 74.6 Å². The van der Waals surface area contributed by atoms with Crippen molar-refractivity contribution in [3.63, 3.8) is 0 Å². The van der Waals surface area contributed by atoms with E-state index >= 15 is 0 Å². The fraction of sp³-hybridized carbons (Fsp3) is 0.296. The highest BCUT2D eigenvalue weighted by atomic mass is 35.5. The molecule has 0 saturated heterocycles. The molecule has 0 saturated carbocycles. The molecule has 31 heavy (non-hydrogen) atoms. The van der Waals surface area contributed by atoms with Crippen LogP contribution >= 0.6 is 11.6 Å². The van der Waals surface area contributed by atoms with E-state index in [-0.39, 0.29) is 17.4 Å². The molecule has 3 nitrogen and oxygen atoms in total. The van der Waals surface area contributed by atoms with Crippen LogP contribution in [-0.2, 0) is 11.3 Å². The number of anilines is 1. The van der Waals surface area contributed by atoms with Gasteiger partial charge in [-0.15, -0.1) is 0 Å². The lowest BCUT2D eigenvalue weighted by Crippen LogP contribution is -2.29. The monoisotopic (exact) mass is 433 g/mol. The molecule has 1 atom stereocenters. The molecule has 0 aliphatic carbocycles. The van der Waals surface area contributed by atoms with E-state index in [4.69, 9.17) is 16.3 Å². The van der Waals surface area contributed by atoms with Crippen LogP contribution in [0.3, 0.4) is 0 Å². The van der Waals surface area contributed by atoms with Crippen molar-refractivity contribution in [3.05, 3.63) is 93.5 Å². The molecular weight excluding hydrogens is 406 g/mol. The van der Waals surface area contributed by atoms with Gasteiger partial charge in [0.15, 0.2) is 0 Å². The zero-order chi connectivity index (χ0) is 22.3. The zero-order valence-electron chi connectivity index (χ0n) is 18.7. The van der Waals surface area contributed by atoms with Crippen molar-refractivity contribution in [3.8, 4) is 5.75 Å². The number of fused-ring (bicyclic) bond motifs is 1. The molecule has 1 aliphatic rings. The highest BCUT2D eigenvalue weighted by Gasteiger charge is 2.38. The van der Waals surface area contributed by atoms with Gasteiger partial charge >= 0.3 is 0 Å². The Morgan fingerprint density at radius 2 is 1.58 bits per heavy atom. The van der Waals surface area contributed by atoms with Crippen LogP contribution in [0.1, 0.15) is 54.5 Å². The Labute approximate surface area is 189 Å². The van der Waals surface area contributed by atoms with Crippen LogP contribution in [0.4, 0.5) is 5.69 Å². The Hall–Kier alpha value is -2.78. The van der Waals surface area contributed by atoms with Crippen molar-refractivity contribution in [1.29, 1.82) is 0 Å². The van der Waals surface area contributed by atoms with Gasteiger partial charge in [0.2, 0.25) is 5.91 Å². The predicted molar refractivity (Wildman–Crippen MR) is 127 cm³/mol. The van der Waals surface area contributed by atoms with E-state index in [1.165, 1.54) is 0 Å². The summed E-state index contributed by atoms with van der Waals surface area (Å²) in [5, 5.41) is 0.673. The Bertz CT molecular complexity index is 1120. The van der Waals surface area contributed by atoms with Crippen molar-refractivity contribution < 1.29 is 9.53 Å². The average molecular weight is 434 g/mol. The number of carbonyl (C=O) groups excluding carboxylic acids is 1. The van der Waals surface area contributed by atoms with Gasteiger partial charge in [0.1, 0.15) is 11.4 Å². The Morgan fingerprint density at radius 3 is 2.23 bits per heavy atom. The van der Waals surface area contributed by atoms with E-state index in [9.17, 15) is 4.79 Å². The van der Waals surface area contributed by atoms with E-state index in [0.717, 1.165) is 39.3 Å². The number of carbonyl (C=O) groups is 1. The topological polar surface area (TPSA) is 29.5 Å². The summed E-state index contributed by atoms with van der Waals surface area (Å²) in [6.45, 7) is 10.7. The molecule has 1 amide bonds. The van der Waals surface area contributed by atoms with Gasteiger partial charge in [0.25, 0.3) is 0 Å². The van der Waals surface area contributed by atoms with Crippen molar-refractivity contribution in [1.82, 2.24) is 0 Å². The van der Waals surface area contributed by atoms with Gasteiger partial charge in [0.05, 0.1) is 12.5 Å². The minimum Gasteiger partial charge on any atom is -0.488 e. The average Bonchev–Trinajstić information content (AvgIpc) is 2.97. The summed E-state index contributed by atoms with van der Waals surface area (Å²) < 4.78 is 6.18. The van der Waals surface area contributed by atoms with Gasteiger partial charge in [-0.1, -0.05) is 60.1 Å². The number of halogens is 1. The van der Waals surface area contributed by atoms with Crippen molar-refractivity contribution in [2.75, 3.05) is 4.90 Å². The first-order valence-corrected chi connectivity index (χ1v) is 11.0. The largest absolute Gasteiger partial charge is 0.488 e. The molecule has 4 heteroatoms. The van der Waals surface area contributed by atoms with Crippen LogP contribution in [-0.4, -0.2) is 11.5 Å². The molecule has 1 heterocycles. The maximum Gasteiger partial charge on any atom is 0.239 e. The number of hydrogen-bond donors (Lipinski definition) is 0. The summed E-state index contributed by atoms with van der Waals surface area (Å²) in [5.41, 5.74) is 5.72. The number of benzene rings is 3. The maximum atomic E-state index is 13.7. The highest BCUT2D eigenvalue weighted by Crippen LogP contribution is 2.43. The molecule has 1 unspecified atom stereocenters. The fourth-order valence-corrected chi connectivity index (χ4v) is 4.48. The molecule has 0 radical (unpaired) electrons. The van der Waals surface area contributed by atoms with Gasteiger partial charge < -0.3 is 9.64 Å². The molecule has 0 aromatic heterocycles. The molecule has 3 aromatic carbocycles. The van der Waals surface area contributed by atoms with Crippen LogP contribution in [0.25, 0.3) is 0 Å². The zero-order valence-corrected chi connectivity index (χ0v) is 19.5. The molecule has 0 N–H and O–H groups in total. The molecule has 4 rings (SSSR count). The van der Waals surface area contributed by atoms with Gasteiger partial charge in [0, 0.05) is 10.7 Å². The molecule has 0 fully saturated rings. The maximum absolute atomic E-state index is 13.7. The van der Waals surface area contributed by atoms with Crippen LogP contribution in [0, 0.1) is 13.8 Å². The van der Waals surface area contributed by atoms with Crippen LogP contribution < -0.4 is 9.64 Å². The van der Waals surface area contributed by atoms with Crippen LogP contribution in [0.5, 0.6) is 5.75 Å². The van der Waals surface area contributed by atoms with Gasteiger partial charge in [-0.25, -0.2) is 0 Å². The quantitative estimate of drug-likeness (QED) is 0.452. The molecule has 1 aliphatic heterocycles. The van der Waals surface area contributed by atoms with E-state index in [2.05, 4.69) is 18.2 Å². The summed E-state index contributed by atoms with van der Waals surface area (Å²) in [4.78, 5) is 15.5. The summed E-state index contributed by atoms with van der Waals surface area (Å²) >= 11 is 6.39. The summed E-state index contributed by atoms with van der Waals surface area (Å²) in [7, 11) is 0. The number of aryl methyl sites for hydroxylation is 2. The number of amides is 1. The molecular formula is C27H28ClNO2. The second-order valence-corrected chi connectivity index (χ2v) is 9.61. The lowest BCUT2D eigenvalue weighted by molar-refractivity contribution is -0.118. The number of hydrogen-bond acceptors (Lipinski definition) is 2. The number of nitrogens with zero attached hydrogens (tertiary/aromatic N) is 1. The Morgan fingerprint density at radius 1 is 0.968 bits per heavy atom. The standard InChI is InChI=1S/C27H28ClNO2/c1-17-14-20(15-18(2)25(17)31-27(3,4)5)24-21-11-7-9-13-23(21)29(26(24)30)16-19-10-6-8-12-22(19)28/h6-15,24H,16H2,1-5H3. The third kappa shape index (κ3) is 4.20. The summed E-state index contributed by atoms with van der Waals surface area (Å²) in [6.07, 6.45) is 0. The first-order chi connectivity index (χ1) is 14.7. The molecule has 0 spiro atoms. The second kappa shape index (κ2) is 8.05. The first-order valence-electron chi connectivity index (χ1n) is 10.6. The normalized spacial score (nSPS) is 15.9. The van der Waals surface area contributed by atoms with E-state index in [1.54, 1.807) is 0 Å². The summed E-state index contributed by atoms with van der Waals surface area (Å²) in [6, 6.07) is 19.9. The third-order valence-corrected chi connectivity index (χ3v) is 5.93. The van der Waals surface area contributed by atoms with Crippen molar-refractivity contribution >= 4 is 23.2 Å². The Balaban J connectivity index is 1.74. The van der Waals surface area contributed by atoms with Crippen LogP contribution in [0.15, 0.2) is 60.7 Å². The minimum atomic E-state index is -0.334. The van der Waals surface area contributed by atoms with Gasteiger partial charge in [-0.2, -0.15) is 0 Å². The highest BCUT2D eigenvalue weighted by molar-refractivity contribution is 6.31. The number of ether oxygens (including phenoxy) is 1. The molecule has 0 bridgehead atoms. The van der Waals surface area contributed by atoms with E-state index in [1.807, 2.05) is 82.0 Å².